The van der Waals surface area contributed by atoms with Gasteiger partial charge in [-0.25, -0.2) is 4.39 Å². The fraction of sp³-hybridized carbons (Fsp3) is 0.529. The van der Waals surface area contributed by atoms with Crippen molar-refractivity contribution in [1.29, 1.82) is 5.26 Å². The Bertz CT molecular complexity index is 667. The molecule has 0 spiro atoms. The standard InChI is InChI=1S/C17H21ClFN3O2/c1-12-4-5-14(19)13(16(12)18)10-15(23)21(2)17(11-20)6-8-22(24-3)9-7-17/h4-5H,6-10H2,1-3H3. The maximum absolute atomic E-state index is 14.0. The Morgan fingerprint density at radius 3 is 2.67 bits per heavy atom. The number of halogens is 2. The summed E-state index contributed by atoms with van der Waals surface area (Å²) in [5.74, 6) is -0.832. The maximum Gasteiger partial charge on any atom is 0.228 e. The number of carbonyl (C=O) groups is 1. The molecular weight excluding hydrogens is 333 g/mol. The highest BCUT2D eigenvalue weighted by atomic mass is 35.5. The number of piperidine rings is 1. The van der Waals surface area contributed by atoms with E-state index in [9.17, 15) is 14.4 Å². The van der Waals surface area contributed by atoms with Crippen molar-refractivity contribution < 1.29 is 14.0 Å². The van der Waals surface area contributed by atoms with E-state index in [4.69, 9.17) is 16.4 Å². The average Bonchev–Trinajstić information content (AvgIpc) is 2.61. The SMILES string of the molecule is CON1CCC(C#N)(N(C)C(=O)Cc2c(F)ccc(C)c2Cl)CC1. The molecule has 1 aromatic rings. The van der Waals surface area contributed by atoms with Gasteiger partial charge < -0.3 is 9.74 Å². The van der Waals surface area contributed by atoms with Gasteiger partial charge in [-0.05, 0) is 31.4 Å². The van der Waals surface area contributed by atoms with Gasteiger partial charge in [0.05, 0.1) is 24.6 Å². The molecule has 1 aliphatic heterocycles. The van der Waals surface area contributed by atoms with Gasteiger partial charge in [0.15, 0.2) is 0 Å². The second-order valence-electron chi connectivity index (χ2n) is 6.04. The molecule has 1 amide bonds. The van der Waals surface area contributed by atoms with Crippen LogP contribution < -0.4 is 0 Å². The Morgan fingerprint density at radius 2 is 2.12 bits per heavy atom. The topological polar surface area (TPSA) is 56.6 Å². The van der Waals surface area contributed by atoms with E-state index < -0.39 is 11.4 Å². The number of likely N-dealkylation sites (N-methyl/N-ethyl adjacent to an activating group) is 1. The van der Waals surface area contributed by atoms with Crippen LogP contribution in [-0.2, 0) is 16.1 Å². The molecule has 0 atom stereocenters. The molecule has 24 heavy (non-hydrogen) atoms. The van der Waals surface area contributed by atoms with Gasteiger partial charge in [-0.3, -0.25) is 4.79 Å². The van der Waals surface area contributed by atoms with Crippen molar-refractivity contribution in [3.63, 3.8) is 0 Å². The van der Waals surface area contributed by atoms with Crippen LogP contribution in [0.1, 0.15) is 24.0 Å². The summed E-state index contributed by atoms with van der Waals surface area (Å²) in [6.07, 6.45) is 0.785. The summed E-state index contributed by atoms with van der Waals surface area (Å²) in [5.41, 5.74) is -0.0123. The van der Waals surface area contributed by atoms with E-state index in [1.54, 1.807) is 32.2 Å². The molecule has 0 unspecified atom stereocenters. The van der Waals surface area contributed by atoms with E-state index in [0.29, 0.717) is 31.5 Å². The van der Waals surface area contributed by atoms with Gasteiger partial charge >= 0.3 is 0 Å². The van der Waals surface area contributed by atoms with Crippen LogP contribution in [0.15, 0.2) is 12.1 Å². The second kappa shape index (κ2) is 7.47. The van der Waals surface area contributed by atoms with Crippen LogP contribution in [0.5, 0.6) is 0 Å². The van der Waals surface area contributed by atoms with Crippen LogP contribution >= 0.6 is 11.6 Å². The van der Waals surface area contributed by atoms with E-state index in [1.807, 2.05) is 0 Å². The predicted molar refractivity (Wildman–Crippen MR) is 88.8 cm³/mol. The number of benzene rings is 1. The number of hydroxylamine groups is 2. The second-order valence-corrected chi connectivity index (χ2v) is 6.42. The normalized spacial score (nSPS) is 17.3. The zero-order valence-corrected chi connectivity index (χ0v) is 14.9. The first-order chi connectivity index (χ1) is 11.3. The van der Waals surface area contributed by atoms with Crippen molar-refractivity contribution in [2.45, 2.75) is 31.7 Å². The highest BCUT2D eigenvalue weighted by Crippen LogP contribution is 2.30. The minimum absolute atomic E-state index is 0.166. The summed E-state index contributed by atoms with van der Waals surface area (Å²) >= 11 is 6.14. The predicted octanol–water partition coefficient (Wildman–Crippen LogP) is 2.71. The smallest absolute Gasteiger partial charge is 0.228 e. The van der Waals surface area contributed by atoms with Crippen LogP contribution in [0.4, 0.5) is 4.39 Å². The number of nitrogens with zero attached hydrogens (tertiary/aromatic N) is 3. The number of amides is 1. The average molecular weight is 354 g/mol. The first-order valence-electron chi connectivity index (χ1n) is 7.75. The van der Waals surface area contributed by atoms with Gasteiger partial charge in [-0.1, -0.05) is 17.7 Å². The number of carbonyl (C=O) groups excluding carboxylic acids is 1. The molecule has 0 aliphatic carbocycles. The quantitative estimate of drug-likeness (QED) is 0.835. The lowest BCUT2D eigenvalue weighted by Crippen LogP contribution is -2.55. The van der Waals surface area contributed by atoms with Crippen molar-refractivity contribution in [3.8, 4) is 6.07 Å². The van der Waals surface area contributed by atoms with Crippen molar-refractivity contribution >= 4 is 17.5 Å². The van der Waals surface area contributed by atoms with Crippen LogP contribution in [0.3, 0.4) is 0 Å². The molecule has 1 fully saturated rings. The van der Waals surface area contributed by atoms with Crippen LogP contribution in [0, 0.1) is 24.1 Å². The summed E-state index contributed by atoms with van der Waals surface area (Å²) in [7, 11) is 3.17. The Kier molecular flexibility index (Phi) is 5.81. The van der Waals surface area contributed by atoms with Gasteiger partial charge in [0, 0.05) is 25.7 Å². The van der Waals surface area contributed by atoms with Crippen molar-refractivity contribution in [2.24, 2.45) is 0 Å². The zero-order chi connectivity index (χ0) is 17.9. The van der Waals surface area contributed by atoms with Gasteiger partial charge in [0.1, 0.15) is 11.4 Å². The van der Waals surface area contributed by atoms with Crippen LogP contribution in [0.2, 0.25) is 5.02 Å². The molecule has 2 rings (SSSR count). The first-order valence-corrected chi connectivity index (χ1v) is 8.13. The van der Waals surface area contributed by atoms with Gasteiger partial charge in [0.25, 0.3) is 0 Å². The molecule has 0 N–H and O–H groups in total. The number of rotatable bonds is 4. The van der Waals surface area contributed by atoms with E-state index in [-0.39, 0.29) is 22.9 Å². The molecule has 0 aromatic heterocycles. The minimum Gasteiger partial charge on any atom is -0.327 e. The summed E-state index contributed by atoms with van der Waals surface area (Å²) < 4.78 is 14.0. The van der Waals surface area contributed by atoms with E-state index in [0.717, 1.165) is 0 Å². The van der Waals surface area contributed by atoms with Crippen LogP contribution in [0.25, 0.3) is 0 Å². The molecular formula is C17H21ClFN3O2. The zero-order valence-electron chi connectivity index (χ0n) is 14.1. The maximum atomic E-state index is 14.0. The third-order valence-electron chi connectivity index (χ3n) is 4.74. The molecule has 1 aliphatic rings. The van der Waals surface area contributed by atoms with Gasteiger partial charge in [-0.2, -0.15) is 10.3 Å². The fourth-order valence-electron chi connectivity index (χ4n) is 2.95. The molecule has 7 heteroatoms. The van der Waals surface area contributed by atoms with Gasteiger partial charge in [-0.15, -0.1) is 0 Å². The largest absolute Gasteiger partial charge is 0.327 e. The molecule has 5 nitrogen and oxygen atoms in total. The third-order valence-corrected chi connectivity index (χ3v) is 5.27. The molecule has 130 valence electrons. The summed E-state index contributed by atoms with van der Waals surface area (Å²) in [5, 5.41) is 11.7. The molecule has 0 bridgehead atoms. The van der Waals surface area contributed by atoms with Crippen LogP contribution in [-0.4, -0.2) is 48.7 Å². The number of aryl methyl sites for hydroxylation is 1. The van der Waals surface area contributed by atoms with E-state index in [2.05, 4.69) is 6.07 Å². The number of nitriles is 1. The molecule has 1 heterocycles. The lowest BCUT2D eigenvalue weighted by atomic mass is 9.87. The minimum atomic E-state index is -0.904. The van der Waals surface area contributed by atoms with Gasteiger partial charge in [0.2, 0.25) is 5.91 Å². The lowest BCUT2D eigenvalue weighted by Gasteiger charge is -2.42. The summed E-state index contributed by atoms with van der Waals surface area (Å²) in [6.45, 7) is 2.87. The molecule has 0 saturated carbocycles. The monoisotopic (exact) mass is 353 g/mol. The Labute approximate surface area is 146 Å². The van der Waals surface area contributed by atoms with E-state index >= 15 is 0 Å². The Balaban J connectivity index is 2.18. The first kappa shape index (κ1) is 18.7. The molecule has 0 radical (unpaired) electrons. The Hall–Kier alpha value is -1.68. The third kappa shape index (κ3) is 3.54. The summed E-state index contributed by atoms with van der Waals surface area (Å²) in [4.78, 5) is 19.2. The van der Waals surface area contributed by atoms with Crippen molar-refractivity contribution in [1.82, 2.24) is 9.96 Å². The van der Waals surface area contributed by atoms with E-state index in [1.165, 1.54) is 11.0 Å². The molecule has 1 aromatic carbocycles. The summed E-state index contributed by atoms with van der Waals surface area (Å²) in [6, 6.07) is 5.15. The fourth-order valence-corrected chi connectivity index (χ4v) is 3.17. The molecule has 1 saturated heterocycles. The highest BCUT2D eigenvalue weighted by Gasteiger charge is 2.41. The van der Waals surface area contributed by atoms with Crippen molar-refractivity contribution in [2.75, 3.05) is 27.2 Å². The lowest BCUT2D eigenvalue weighted by molar-refractivity contribution is -0.161. The Morgan fingerprint density at radius 1 is 1.50 bits per heavy atom. The number of hydrogen-bond acceptors (Lipinski definition) is 4. The highest BCUT2D eigenvalue weighted by molar-refractivity contribution is 6.32. The van der Waals surface area contributed by atoms with Crippen molar-refractivity contribution in [3.05, 3.63) is 34.1 Å². The number of hydrogen-bond donors (Lipinski definition) is 0.